The van der Waals surface area contributed by atoms with Gasteiger partial charge < -0.3 is 10.5 Å². The van der Waals surface area contributed by atoms with Crippen LogP contribution in [0.2, 0.25) is 0 Å². The molecule has 0 bridgehead atoms. The van der Waals surface area contributed by atoms with Gasteiger partial charge in [-0.1, -0.05) is 24.8 Å². The Morgan fingerprint density at radius 1 is 1.44 bits per heavy atom. The molecule has 1 aliphatic carbocycles. The molecule has 2 atom stereocenters. The smallest absolute Gasteiger partial charge is 0.128 e. The summed E-state index contributed by atoms with van der Waals surface area (Å²) < 4.78 is 5.86. The quantitative estimate of drug-likeness (QED) is 0.808. The van der Waals surface area contributed by atoms with Crippen LogP contribution in [0.15, 0.2) is 36.1 Å². The van der Waals surface area contributed by atoms with E-state index < -0.39 is 0 Å². The highest BCUT2D eigenvalue weighted by Crippen LogP contribution is 2.27. The Bertz CT molecular complexity index is 505. The molecule has 0 saturated carbocycles. The third-order valence-electron chi connectivity index (χ3n) is 2.82. The lowest BCUT2D eigenvalue weighted by atomic mass is 10.1. The average molecular weight is 241 g/mol. The molecule has 0 spiro atoms. The van der Waals surface area contributed by atoms with Gasteiger partial charge >= 0.3 is 0 Å². The highest BCUT2D eigenvalue weighted by Gasteiger charge is 2.13. The van der Waals surface area contributed by atoms with Crippen LogP contribution in [0.4, 0.5) is 0 Å². The Hall–Kier alpha value is -1.72. The summed E-state index contributed by atoms with van der Waals surface area (Å²) >= 11 is 0. The summed E-state index contributed by atoms with van der Waals surface area (Å²) in [4.78, 5) is 0. The number of ether oxygens (including phenoxy) is 1. The minimum Gasteiger partial charge on any atom is -0.462 e. The van der Waals surface area contributed by atoms with Crippen molar-refractivity contribution in [2.45, 2.75) is 32.7 Å². The highest BCUT2D eigenvalue weighted by atomic mass is 16.5. The van der Waals surface area contributed by atoms with Crippen molar-refractivity contribution in [1.29, 1.82) is 0 Å². The Morgan fingerprint density at radius 2 is 2.28 bits per heavy atom. The molecule has 18 heavy (non-hydrogen) atoms. The first-order chi connectivity index (χ1) is 8.63. The number of benzene rings is 1. The molecule has 0 aliphatic heterocycles. The summed E-state index contributed by atoms with van der Waals surface area (Å²) in [6.45, 7) is 4.11. The van der Waals surface area contributed by atoms with Gasteiger partial charge in [-0.25, -0.2) is 0 Å². The fraction of sp³-hybridized carbons (Fsp3) is 0.375. The zero-order valence-electron chi connectivity index (χ0n) is 10.9. The summed E-state index contributed by atoms with van der Waals surface area (Å²) in [6.07, 6.45) is 4.31. The van der Waals surface area contributed by atoms with Gasteiger partial charge in [0.15, 0.2) is 0 Å². The zero-order valence-corrected chi connectivity index (χ0v) is 10.9. The molecule has 1 aromatic rings. The van der Waals surface area contributed by atoms with Crippen LogP contribution in [0.25, 0.3) is 0 Å². The second-order valence-corrected chi connectivity index (χ2v) is 4.90. The molecular weight excluding hydrogens is 222 g/mol. The Kier molecular flexibility index (Phi) is 4.07. The molecule has 0 saturated heterocycles. The zero-order chi connectivity index (χ0) is 13.0. The van der Waals surface area contributed by atoms with E-state index in [0.717, 1.165) is 29.9 Å². The van der Waals surface area contributed by atoms with Gasteiger partial charge in [-0.05, 0) is 43.5 Å². The molecule has 2 N–H and O–H groups in total. The Labute approximate surface area is 109 Å². The maximum atomic E-state index is 5.86. The number of allylic oxidation sites excluding steroid dienone is 2. The van der Waals surface area contributed by atoms with Crippen LogP contribution in [-0.4, -0.2) is 6.04 Å². The van der Waals surface area contributed by atoms with Crippen LogP contribution < -0.4 is 10.5 Å². The predicted octanol–water partition coefficient (Wildman–Crippen LogP) is 3.08. The van der Waals surface area contributed by atoms with Crippen molar-refractivity contribution in [2.24, 2.45) is 11.7 Å². The van der Waals surface area contributed by atoms with Crippen molar-refractivity contribution >= 4 is 0 Å². The maximum Gasteiger partial charge on any atom is 0.128 e. The van der Waals surface area contributed by atoms with Crippen LogP contribution in [0.1, 0.15) is 32.3 Å². The van der Waals surface area contributed by atoms with Crippen LogP contribution in [0.3, 0.4) is 0 Å². The molecule has 0 aromatic heterocycles. The van der Waals surface area contributed by atoms with Crippen LogP contribution in [0.5, 0.6) is 5.75 Å². The van der Waals surface area contributed by atoms with Gasteiger partial charge in [-0.3, -0.25) is 0 Å². The number of nitrogens with two attached hydrogens (primary N) is 1. The lowest BCUT2D eigenvalue weighted by Gasteiger charge is -2.07. The third-order valence-corrected chi connectivity index (χ3v) is 2.82. The summed E-state index contributed by atoms with van der Waals surface area (Å²) in [6, 6.07) is 7.74. The molecule has 0 heterocycles. The van der Waals surface area contributed by atoms with Crippen molar-refractivity contribution in [1.82, 2.24) is 0 Å². The van der Waals surface area contributed by atoms with E-state index in [4.69, 9.17) is 10.5 Å². The van der Waals surface area contributed by atoms with Gasteiger partial charge in [0, 0.05) is 12.0 Å². The van der Waals surface area contributed by atoms with E-state index in [1.807, 2.05) is 31.2 Å². The number of hydrogen-bond acceptors (Lipinski definition) is 2. The first-order valence-electron chi connectivity index (χ1n) is 6.37. The minimum atomic E-state index is -0.104. The number of rotatable bonds is 2. The van der Waals surface area contributed by atoms with Crippen molar-refractivity contribution in [2.75, 3.05) is 0 Å². The van der Waals surface area contributed by atoms with Gasteiger partial charge in [0.2, 0.25) is 0 Å². The predicted molar refractivity (Wildman–Crippen MR) is 74.1 cm³/mol. The van der Waals surface area contributed by atoms with E-state index in [1.165, 1.54) is 0 Å². The normalized spacial score (nSPS) is 19.7. The second-order valence-electron chi connectivity index (χ2n) is 4.90. The molecule has 1 aromatic carbocycles. The molecule has 1 aliphatic rings. The topological polar surface area (TPSA) is 35.2 Å². The summed E-state index contributed by atoms with van der Waals surface area (Å²) in [5.74, 6) is 8.61. The first kappa shape index (κ1) is 12.7. The summed E-state index contributed by atoms with van der Waals surface area (Å²) in [7, 11) is 0. The van der Waals surface area contributed by atoms with Gasteiger partial charge in [-0.2, -0.15) is 0 Å². The SMILES string of the molecule is CC(N)C#Cc1cccc(OC2=CCC(C)C2)c1. The monoisotopic (exact) mass is 241 g/mol. The van der Waals surface area contributed by atoms with E-state index in [1.54, 1.807) is 0 Å². The van der Waals surface area contributed by atoms with Gasteiger partial charge in [0.1, 0.15) is 11.5 Å². The molecular formula is C16H19NO. The first-order valence-corrected chi connectivity index (χ1v) is 6.37. The van der Waals surface area contributed by atoms with Crippen LogP contribution in [0, 0.1) is 17.8 Å². The Balaban J connectivity index is 2.06. The van der Waals surface area contributed by atoms with E-state index in [9.17, 15) is 0 Å². The molecule has 94 valence electrons. The van der Waals surface area contributed by atoms with E-state index in [-0.39, 0.29) is 6.04 Å². The molecule has 0 fully saturated rings. The minimum absolute atomic E-state index is 0.104. The van der Waals surface area contributed by atoms with E-state index >= 15 is 0 Å². The fourth-order valence-corrected chi connectivity index (χ4v) is 1.91. The maximum absolute atomic E-state index is 5.86. The van der Waals surface area contributed by atoms with Crippen molar-refractivity contribution in [3.8, 4) is 17.6 Å². The number of hydrogen-bond donors (Lipinski definition) is 1. The molecule has 2 unspecified atom stereocenters. The van der Waals surface area contributed by atoms with E-state index in [2.05, 4.69) is 24.8 Å². The largest absolute Gasteiger partial charge is 0.462 e. The molecule has 2 nitrogen and oxygen atoms in total. The lowest BCUT2D eigenvalue weighted by molar-refractivity contribution is 0.396. The van der Waals surface area contributed by atoms with Gasteiger partial charge in [-0.15, -0.1) is 0 Å². The van der Waals surface area contributed by atoms with Crippen molar-refractivity contribution in [3.05, 3.63) is 41.7 Å². The molecule has 2 rings (SSSR count). The summed E-state index contributed by atoms with van der Waals surface area (Å²) in [5, 5.41) is 0. The van der Waals surface area contributed by atoms with Crippen molar-refractivity contribution in [3.63, 3.8) is 0 Å². The van der Waals surface area contributed by atoms with Gasteiger partial charge in [0.25, 0.3) is 0 Å². The van der Waals surface area contributed by atoms with Crippen molar-refractivity contribution < 1.29 is 4.74 Å². The molecule has 0 amide bonds. The standard InChI is InChI=1S/C16H19NO/c1-12-6-9-16(10-12)18-15-5-3-4-14(11-15)8-7-13(2)17/h3-5,9,11-13H,6,10,17H2,1-2H3. The summed E-state index contributed by atoms with van der Waals surface area (Å²) in [5.41, 5.74) is 6.55. The third kappa shape index (κ3) is 3.65. The molecule has 0 radical (unpaired) electrons. The Morgan fingerprint density at radius 3 is 2.94 bits per heavy atom. The second kappa shape index (κ2) is 5.75. The van der Waals surface area contributed by atoms with E-state index in [0.29, 0.717) is 5.92 Å². The lowest BCUT2D eigenvalue weighted by Crippen LogP contribution is -2.10. The van der Waals surface area contributed by atoms with Crippen LogP contribution in [-0.2, 0) is 0 Å². The fourth-order valence-electron chi connectivity index (χ4n) is 1.91. The van der Waals surface area contributed by atoms with Gasteiger partial charge in [0.05, 0.1) is 6.04 Å². The highest BCUT2D eigenvalue weighted by molar-refractivity contribution is 5.41. The average Bonchev–Trinajstić information content (AvgIpc) is 2.73. The molecule has 2 heteroatoms. The van der Waals surface area contributed by atoms with Crippen LogP contribution >= 0.6 is 0 Å².